The van der Waals surface area contributed by atoms with Crippen molar-refractivity contribution in [1.82, 2.24) is 5.32 Å². The van der Waals surface area contributed by atoms with Crippen LogP contribution < -0.4 is 5.32 Å². The monoisotopic (exact) mass is 352 g/mol. The molecule has 0 aliphatic carbocycles. The number of nitrogens with one attached hydrogen (secondary N) is 1. The molecular formula is C14H27NO7P+. The van der Waals surface area contributed by atoms with Crippen molar-refractivity contribution >= 4 is 20.1 Å². The number of aliphatic hydroxyl groups is 1. The van der Waals surface area contributed by atoms with Gasteiger partial charge in [0, 0.05) is 13.3 Å². The van der Waals surface area contributed by atoms with Crippen LogP contribution in [0.1, 0.15) is 52.9 Å². The number of hydrogen-bond donors (Lipinski definition) is 3. The van der Waals surface area contributed by atoms with Crippen molar-refractivity contribution in [3.63, 3.8) is 0 Å². The molecule has 0 radical (unpaired) electrons. The number of carbonyl (C=O) groups is 2. The maximum atomic E-state index is 11.5. The molecule has 3 N–H and O–H groups in total. The van der Waals surface area contributed by atoms with Crippen LogP contribution in [-0.4, -0.2) is 40.7 Å². The number of rotatable bonds is 11. The highest BCUT2D eigenvalue weighted by molar-refractivity contribution is 7.37. The molecule has 0 bridgehead atoms. The average molecular weight is 352 g/mol. The van der Waals surface area contributed by atoms with Gasteiger partial charge < -0.3 is 14.6 Å². The molecule has 8 nitrogen and oxygen atoms in total. The first-order valence-electron chi connectivity index (χ1n) is 7.72. The van der Waals surface area contributed by atoms with Crippen LogP contribution in [0.15, 0.2) is 0 Å². The fourth-order valence-electron chi connectivity index (χ4n) is 1.78. The second-order valence-corrected chi connectivity index (χ2v) is 6.57. The van der Waals surface area contributed by atoms with Crippen LogP contribution >= 0.6 is 8.03 Å². The minimum Gasteiger partial charge on any atom is -0.425 e. The van der Waals surface area contributed by atoms with Gasteiger partial charge in [-0.15, -0.1) is 0 Å². The van der Waals surface area contributed by atoms with Crippen LogP contribution in [0.5, 0.6) is 0 Å². The van der Waals surface area contributed by atoms with E-state index in [4.69, 9.17) is 14.4 Å². The van der Waals surface area contributed by atoms with Crippen molar-refractivity contribution in [2.24, 2.45) is 5.92 Å². The highest BCUT2D eigenvalue weighted by Gasteiger charge is 2.18. The van der Waals surface area contributed by atoms with Crippen molar-refractivity contribution in [2.75, 3.05) is 6.16 Å². The summed E-state index contributed by atoms with van der Waals surface area (Å²) in [4.78, 5) is 31.5. The van der Waals surface area contributed by atoms with Gasteiger partial charge >= 0.3 is 20.1 Å². The van der Waals surface area contributed by atoms with E-state index in [9.17, 15) is 19.3 Å². The van der Waals surface area contributed by atoms with Gasteiger partial charge in [0.15, 0.2) is 6.16 Å². The Hall–Kier alpha value is -1.24. The first-order valence-corrected chi connectivity index (χ1v) is 9.12. The number of alkyl carbamates (subject to hydrolysis) is 1. The number of hydrogen-bond acceptors (Lipinski definition) is 6. The van der Waals surface area contributed by atoms with Crippen molar-refractivity contribution in [2.45, 2.75) is 65.4 Å². The van der Waals surface area contributed by atoms with E-state index in [0.29, 0.717) is 25.7 Å². The Morgan fingerprint density at radius 2 is 1.83 bits per heavy atom. The molecule has 0 heterocycles. The predicted octanol–water partition coefficient (Wildman–Crippen LogP) is 2.26. The van der Waals surface area contributed by atoms with Crippen LogP contribution in [0.4, 0.5) is 4.79 Å². The minimum atomic E-state index is -2.14. The topological polar surface area (TPSA) is 122 Å². The second-order valence-electron chi connectivity index (χ2n) is 5.42. The molecule has 134 valence electrons. The van der Waals surface area contributed by atoms with Gasteiger partial charge in [-0.2, -0.15) is 4.89 Å². The third-order valence-electron chi connectivity index (χ3n) is 3.06. The van der Waals surface area contributed by atoms with E-state index in [0.717, 1.165) is 0 Å². The Bertz CT molecular complexity index is 391. The smallest absolute Gasteiger partial charge is 0.425 e. The number of amides is 1. The van der Waals surface area contributed by atoms with Crippen molar-refractivity contribution in [1.29, 1.82) is 0 Å². The van der Waals surface area contributed by atoms with Crippen LogP contribution in [0.25, 0.3) is 0 Å². The minimum absolute atomic E-state index is 0.155. The molecule has 0 saturated carbocycles. The summed E-state index contributed by atoms with van der Waals surface area (Å²) in [6, 6.07) is 0. The van der Waals surface area contributed by atoms with Crippen LogP contribution in [0, 0.1) is 5.92 Å². The average Bonchev–Trinajstić information content (AvgIpc) is 2.42. The molecule has 0 fully saturated rings. The summed E-state index contributed by atoms with van der Waals surface area (Å²) >= 11 is 0. The molecule has 4 atom stereocenters. The maximum Gasteiger partial charge on any atom is 0.505 e. The zero-order valence-corrected chi connectivity index (χ0v) is 14.8. The van der Waals surface area contributed by atoms with Crippen molar-refractivity contribution in [3.8, 4) is 0 Å². The number of esters is 1. The lowest BCUT2D eigenvalue weighted by Gasteiger charge is -2.18. The largest absolute Gasteiger partial charge is 0.505 e. The second kappa shape index (κ2) is 12.2. The zero-order chi connectivity index (χ0) is 17.8. The zero-order valence-electron chi connectivity index (χ0n) is 13.9. The standard InChI is InChI=1S/C14H26NO7P/c1-4-5-13(17)21-11(3)22-14(18)15-12(16)7-6-10(2)8-9-23(19)20/h10-12,16H,4-9H2,1-3H3,(H-,15,18,19,20)/p+1. The van der Waals surface area contributed by atoms with E-state index in [1.165, 1.54) is 6.92 Å². The van der Waals surface area contributed by atoms with Gasteiger partial charge in [0.2, 0.25) is 6.29 Å². The van der Waals surface area contributed by atoms with Gasteiger partial charge in [-0.05, 0) is 36.2 Å². The lowest BCUT2D eigenvalue weighted by atomic mass is 10.0. The van der Waals surface area contributed by atoms with E-state index in [2.05, 4.69) is 5.32 Å². The summed E-state index contributed by atoms with van der Waals surface area (Å²) in [7, 11) is -2.14. The molecule has 0 aromatic rings. The summed E-state index contributed by atoms with van der Waals surface area (Å²) in [5.41, 5.74) is 0. The third kappa shape index (κ3) is 12.9. The summed E-state index contributed by atoms with van der Waals surface area (Å²) in [6.45, 7) is 5.15. The lowest BCUT2D eigenvalue weighted by molar-refractivity contribution is -0.165. The Balaban J connectivity index is 3.92. The van der Waals surface area contributed by atoms with E-state index < -0.39 is 32.6 Å². The molecular weight excluding hydrogens is 325 g/mol. The molecule has 4 unspecified atom stereocenters. The van der Waals surface area contributed by atoms with Crippen molar-refractivity contribution in [3.05, 3.63) is 0 Å². The number of aliphatic hydroxyl groups excluding tert-OH is 1. The highest BCUT2D eigenvalue weighted by Crippen LogP contribution is 2.20. The molecule has 9 heteroatoms. The Morgan fingerprint density at radius 3 is 2.39 bits per heavy atom. The summed E-state index contributed by atoms with van der Waals surface area (Å²) in [5.74, 6) is -0.299. The fraction of sp³-hybridized carbons (Fsp3) is 0.857. The van der Waals surface area contributed by atoms with E-state index >= 15 is 0 Å². The number of ether oxygens (including phenoxy) is 2. The quantitative estimate of drug-likeness (QED) is 0.296. The normalized spacial score (nSPS) is 15.3. The molecule has 0 rings (SSSR count). The Kier molecular flexibility index (Phi) is 11.6. The van der Waals surface area contributed by atoms with Gasteiger partial charge in [-0.25, -0.2) is 4.79 Å². The third-order valence-corrected chi connectivity index (χ3v) is 3.70. The molecule has 0 saturated heterocycles. The SMILES string of the molecule is CCCC(=O)OC(C)OC(=O)NC(O)CCC(C)CC[P+](=O)O. The van der Waals surface area contributed by atoms with E-state index in [1.54, 1.807) is 0 Å². The Morgan fingerprint density at radius 1 is 1.17 bits per heavy atom. The van der Waals surface area contributed by atoms with E-state index in [-0.39, 0.29) is 18.5 Å². The van der Waals surface area contributed by atoms with Crippen LogP contribution in [0.3, 0.4) is 0 Å². The summed E-state index contributed by atoms with van der Waals surface area (Å²) in [5, 5.41) is 11.9. The summed E-state index contributed by atoms with van der Waals surface area (Å²) in [6.07, 6.45) is -0.425. The molecule has 1 amide bonds. The highest BCUT2D eigenvalue weighted by atomic mass is 31.1. The van der Waals surface area contributed by atoms with E-state index in [1.807, 2.05) is 13.8 Å². The van der Waals surface area contributed by atoms with Crippen molar-refractivity contribution < 1.29 is 33.6 Å². The molecule has 0 aromatic heterocycles. The van der Waals surface area contributed by atoms with Gasteiger partial charge in [-0.1, -0.05) is 13.8 Å². The van der Waals surface area contributed by atoms with Gasteiger partial charge in [0.25, 0.3) is 0 Å². The molecule has 0 aliphatic heterocycles. The first-order chi connectivity index (χ1) is 10.7. The molecule has 0 aromatic carbocycles. The maximum absolute atomic E-state index is 11.5. The van der Waals surface area contributed by atoms with Crippen LogP contribution in [0.2, 0.25) is 0 Å². The molecule has 23 heavy (non-hydrogen) atoms. The summed E-state index contributed by atoms with van der Waals surface area (Å²) < 4.78 is 20.2. The first kappa shape index (κ1) is 21.8. The lowest BCUT2D eigenvalue weighted by Crippen LogP contribution is -2.37. The van der Waals surface area contributed by atoms with Gasteiger partial charge in [-0.3, -0.25) is 10.1 Å². The molecule has 0 aliphatic rings. The van der Waals surface area contributed by atoms with Crippen LogP contribution in [-0.2, 0) is 18.8 Å². The van der Waals surface area contributed by atoms with Gasteiger partial charge in [0.05, 0.1) is 0 Å². The molecule has 0 spiro atoms. The van der Waals surface area contributed by atoms with Gasteiger partial charge in [0.1, 0.15) is 6.23 Å². The Labute approximate surface area is 137 Å². The number of carbonyl (C=O) groups excluding carboxylic acids is 2. The predicted molar refractivity (Wildman–Crippen MR) is 83.8 cm³/mol. The fourth-order valence-corrected chi connectivity index (χ4v) is 2.44.